The van der Waals surface area contributed by atoms with E-state index in [1.807, 2.05) is 36.4 Å². The number of carbonyl (C=O) groups is 1. The number of amides is 1. The molecule has 0 bridgehead atoms. The molecule has 2 N–H and O–H groups in total. The number of benzene rings is 2. The average Bonchev–Trinajstić information content (AvgIpc) is 3.07. The molecule has 2 aromatic carbocycles. The molecule has 1 aliphatic rings. The number of nitrogens with zero attached hydrogens (tertiary/aromatic N) is 2. The fraction of sp³-hybridized carbons (Fsp3) is 0.174. The molecule has 1 aliphatic heterocycles. The van der Waals surface area contributed by atoms with Crippen LogP contribution in [0.4, 0.5) is 0 Å². The number of rotatable bonds is 5. The average molecular weight is 436 g/mol. The first-order chi connectivity index (χ1) is 14.9. The lowest BCUT2D eigenvalue weighted by molar-refractivity contribution is -0.115. The van der Waals surface area contributed by atoms with Crippen molar-refractivity contribution in [3.8, 4) is 11.5 Å². The highest BCUT2D eigenvalue weighted by atomic mass is 32.1. The van der Waals surface area contributed by atoms with Crippen LogP contribution >= 0.6 is 11.3 Å². The van der Waals surface area contributed by atoms with Gasteiger partial charge in [0.1, 0.15) is 11.5 Å². The Hall–Kier alpha value is -3.65. The minimum absolute atomic E-state index is 0.230. The summed E-state index contributed by atoms with van der Waals surface area (Å²) < 4.78 is 12.5. The van der Waals surface area contributed by atoms with Crippen molar-refractivity contribution >= 4 is 23.3 Å². The molecule has 0 aliphatic carbocycles. The zero-order valence-electron chi connectivity index (χ0n) is 17.3. The molecule has 1 amide bonds. The summed E-state index contributed by atoms with van der Waals surface area (Å²) in [5, 5.41) is 0. The Kier molecular flexibility index (Phi) is 5.48. The van der Waals surface area contributed by atoms with Gasteiger partial charge in [0.25, 0.3) is 5.56 Å². The lowest BCUT2D eigenvalue weighted by Gasteiger charge is -2.24. The Morgan fingerprint density at radius 2 is 1.65 bits per heavy atom. The number of hydrogen-bond acceptors (Lipinski definition) is 6. The van der Waals surface area contributed by atoms with Gasteiger partial charge in [-0.05, 0) is 48.4 Å². The number of methoxy groups -OCH3 is 2. The quantitative estimate of drug-likeness (QED) is 0.660. The molecule has 2 heterocycles. The Bertz CT molecular complexity index is 1350. The van der Waals surface area contributed by atoms with E-state index in [2.05, 4.69) is 4.99 Å². The van der Waals surface area contributed by atoms with Gasteiger partial charge in [0, 0.05) is 0 Å². The molecular weight excluding hydrogens is 414 g/mol. The van der Waals surface area contributed by atoms with Crippen LogP contribution in [-0.2, 0) is 4.79 Å². The summed E-state index contributed by atoms with van der Waals surface area (Å²) in [7, 11) is 3.18. The second kappa shape index (κ2) is 8.23. The number of ether oxygens (including phenoxy) is 2. The second-order valence-electron chi connectivity index (χ2n) is 6.99. The van der Waals surface area contributed by atoms with Gasteiger partial charge in [0.15, 0.2) is 4.80 Å². The first kappa shape index (κ1) is 20.6. The monoisotopic (exact) mass is 435 g/mol. The minimum Gasteiger partial charge on any atom is -0.497 e. The molecule has 1 unspecified atom stereocenters. The molecule has 0 saturated heterocycles. The van der Waals surface area contributed by atoms with Gasteiger partial charge in [-0.15, -0.1) is 0 Å². The molecule has 0 radical (unpaired) electrons. The Balaban J connectivity index is 1.91. The van der Waals surface area contributed by atoms with Crippen LogP contribution < -0.4 is 30.1 Å². The van der Waals surface area contributed by atoms with Crippen LogP contribution in [0.15, 0.2) is 69.6 Å². The van der Waals surface area contributed by atoms with Crippen LogP contribution in [0, 0.1) is 0 Å². The van der Waals surface area contributed by atoms with Crippen molar-refractivity contribution in [2.75, 3.05) is 14.2 Å². The van der Waals surface area contributed by atoms with E-state index in [1.165, 1.54) is 15.9 Å². The van der Waals surface area contributed by atoms with Crippen molar-refractivity contribution in [2.24, 2.45) is 10.7 Å². The van der Waals surface area contributed by atoms with E-state index in [4.69, 9.17) is 15.2 Å². The van der Waals surface area contributed by atoms with Crippen molar-refractivity contribution in [2.45, 2.75) is 13.0 Å². The number of hydrogen-bond donors (Lipinski definition) is 1. The molecule has 31 heavy (non-hydrogen) atoms. The number of thiazole rings is 1. The number of carbonyl (C=O) groups excluding carboxylic acids is 1. The molecule has 0 saturated carbocycles. The highest BCUT2D eigenvalue weighted by Gasteiger charge is 2.31. The lowest BCUT2D eigenvalue weighted by atomic mass is 9.95. The normalized spacial score (nSPS) is 16.0. The summed E-state index contributed by atoms with van der Waals surface area (Å²) >= 11 is 1.28. The van der Waals surface area contributed by atoms with E-state index in [0.29, 0.717) is 26.4 Å². The number of nitrogens with two attached hydrogens (primary N) is 1. The summed E-state index contributed by atoms with van der Waals surface area (Å²) in [4.78, 5) is 30.7. The van der Waals surface area contributed by atoms with Gasteiger partial charge in [-0.1, -0.05) is 35.6 Å². The van der Waals surface area contributed by atoms with Crippen LogP contribution in [0.3, 0.4) is 0 Å². The van der Waals surface area contributed by atoms with Crippen LogP contribution in [-0.4, -0.2) is 24.7 Å². The van der Waals surface area contributed by atoms with Gasteiger partial charge >= 0.3 is 0 Å². The van der Waals surface area contributed by atoms with Crippen LogP contribution in [0.5, 0.6) is 11.5 Å². The van der Waals surface area contributed by atoms with Crippen molar-refractivity contribution in [1.29, 1.82) is 0 Å². The first-order valence-electron chi connectivity index (χ1n) is 9.53. The predicted octanol–water partition coefficient (Wildman–Crippen LogP) is 1.74. The molecule has 0 fully saturated rings. The summed E-state index contributed by atoms with van der Waals surface area (Å²) in [5.74, 6) is 0.809. The smallest absolute Gasteiger partial charge is 0.271 e. The molecule has 4 rings (SSSR count). The van der Waals surface area contributed by atoms with Gasteiger partial charge in [-0.2, -0.15) is 0 Å². The molecule has 3 aromatic rings. The Morgan fingerprint density at radius 3 is 2.19 bits per heavy atom. The SMILES string of the molecule is COc1ccc(/C=c2\sc3n(c2=O)C(c2ccc(OC)cc2)C(C(N)=O)=C(C)N=3)cc1. The van der Waals surface area contributed by atoms with E-state index < -0.39 is 11.9 Å². The molecule has 158 valence electrons. The third kappa shape index (κ3) is 3.77. The predicted molar refractivity (Wildman–Crippen MR) is 119 cm³/mol. The van der Waals surface area contributed by atoms with Crippen molar-refractivity contribution in [1.82, 2.24) is 4.57 Å². The van der Waals surface area contributed by atoms with Gasteiger partial charge < -0.3 is 15.2 Å². The summed E-state index contributed by atoms with van der Waals surface area (Å²) in [5.41, 5.74) is 7.88. The first-order valence-corrected chi connectivity index (χ1v) is 10.3. The number of fused-ring (bicyclic) bond motifs is 1. The molecule has 7 nitrogen and oxygen atoms in total. The molecule has 0 spiro atoms. The molecule has 1 aromatic heterocycles. The maximum atomic E-state index is 13.4. The maximum Gasteiger partial charge on any atom is 0.271 e. The van der Waals surface area contributed by atoms with Crippen LogP contribution in [0.2, 0.25) is 0 Å². The Morgan fingerprint density at radius 1 is 1.06 bits per heavy atom. The number of primary amides is 1. The highest BCUT2D eigenvalue weighted by molar-refractivity contribution is 7.07. The zero-order valence-corrected chi connectivity index (χ0v) is 18.1. The zero-order chi connectivity index (χ0) is 22.1. The van der Waals surface area contributed by atoms with Crippen molar-refractivity contribution in [3.05, 3.63) is 90.6 Å². The fourth-order valence-electron chi connectivity index (χ4n) is 3.59. The molecular formula is C23H21N3O4S. The largest absolute Gasteiger partial charge is 0.497 e. The van der Waals surface area contributed by atoms with E-state index in [-0.39, 0.29) is 5.56 Å². The van der Waals surface area contributed by atoms with Crippen LogP contribution in [0.1, 0.15) is 24.1 Å². The van der Waals surface area contributed by atoms with Gasteiger partial charge in [0.05, 0.1) is 36.1 Å². The maximum absolute atomic E-state index is 13.4. The summed E-state index contributed by atoms with van der Waals surface area (Å²) in [6.45, 7) is 1.73. The highest BCUT2D eigenvalue weighted by Crippen LogP contribution is 2.30. The van der Waals surface area contributed by atoms with Crippen molar-refractivity contribution in [3.63, 3.8) is 0 Å². The third-order valence-electron chi connectivity index (χ3n) is 5.13. The van der Waals surface area contributed by atoms with E-state index in [1.54, 1.807) is 39.4 Å². The summed E-state index contributed by atoms with van der Waals surface area (Å²) in [6.07, 6.45) is 1.80. The fourth-order valence-corrected chi connectivity index (χ4v) is 4.64. The standard InChI is InChI=1S/C23H21N3O4S/c1-13-19(21(24)27)20(15-6-10-17(30-3)11-7-15)26-22(28)18(31-23(26)25-13)12-14-4-8-16(29-2)9-5-14/h4-12,20H,1-3H3,(H2,24,27)/b18-12-. The van der Waals surface area contributed by atoms with Gasteiger partial charge in [-0.3, -0.25) is 14.2 Å². The second-order valence-corrected chi connectivity index (χ2v) is 8.00. The minimum atomic E-state index is -0.655. The van der Waals surface area contributed by atoms with Gasteiger partial charge in [-0.25, -0.2) is 4.99 Å². The molecule has 1 atom stereocenters. The summed E-state index contributed by atoms with van der Waals surface area (Å²) in [6, 6.07) is 14.0. The lowest BCUT2D eigenvalue weighted by Crippen LogP contribution is -2.40. The van der Waals surface area contributed by atoms with E-state index >= 15 is 0 Å². The van der Waals surface area contributed by atoms with E-state index in [0.717, 1.165) is 16.9 Å². The molecule has 8 heteroatoms. The third-order valence-corrected chi connectivity index (χ3v) is 6.12. The Labute approximate surface area is 182 Å². The van der Waals surface area contributed by atoms with Gasteiger partial charge in [0.2, 0.25) is 5.91 Å². The number of aromatic nitrogens is 1. The van der Waals surface area contributed by atoms with E-state index in [9.17, 15) is 9.59 Å². The van der Waals surface area contributed by atoms with Crippen molar-refractivity contribution < 1.29 is 14.3 Å². The number of allylic oxidation sites excluding steroid dienone is 1. The topological polar surface area (TPSA) is 95.9 Å². The van der Waals surface area contributed by atoms with Crippen LogP contribution in [0.25, 0.3) is 6.08 Å².